The highest BCUT2D eigenvalue weighted by Gasteiger charge is 2.31. The monoisotopic (exact) mass is 315 g/mol. The van der Waals surface area contributed by atoms with Gasteiger partial charge >= 0.3 is 6.03 Å². The molecule has 0 bridgehead atoms. The molecule has 1 atom stereocenters. The Bertz CT molecular complexity index is 811. The topological polar surface area (TPSA) is 105 Å². The lowest BCUT2D eigenvalue weighted by Crippen LogP contribution is -2.36. The fourth-order valence-electron chi connectivity index (χ4n) is 2.61. The van der Waals surface area contributed by atoms with E-state index >= 15 is 0 Å². The highest BCUT2D eigenvalue weighted by molar-refractivity contribution is 6.05. The van der Waals surface area contributed by atoms with Crippen molar-refractivity contribution in [3.8, 4) is 0 Å². The van der Waals surface area contributed by atoms with E-state index in [0.717, 1.165) is 22.6 Å². The Balaban J connectivity index is 1.62. The van der Waals surface area contributed by atoms with Crippen LogP contribution in [0, 0.1) is 13.8 Å². The number of hydrogen-bond acceptors (Lipinski definition) is 4. The average molecular weight is 315 g/mol. The lowest BCUT2D eigenvalue weighted by atomic mass is 10.2. The Morgan fingerprint density at radius 3 is 2.83 bits per heavy atom. The summed E-state index contributed by atoms with van der Waals surface area (Å²) < 4.78 is 1.96. The Kier molecular flexibility index (Phi) is 3.73. The Hall–Kier alpha value is -2.90. The molecule has 1 fully saturated rings. The normalized spacial score (nSPS) is 17.2. The molecule has 1 unspecified atom stereocenters. The zero-order valence-electron chi connectivity index (χ0n) is 12.8. The molecular weight excluding hydrogens is 298 g/mol. The summed E-state index contributed by atoms with van der Waals surface area (Å²) in [6.45, 7) is 4.26. The van der Waals surface area contributed by atoms with Crippen molar-refractivity contribution in [1.29, 1.82) is 0 Å². The first-order valence-corrected chi connectivity index (χ1v) is 7.25. The first-order chi connectivity index (χ1) is 10.9. The zero-order valence-corrected chi connectivity index (χ0v) is 12.8. The third-order valence-electron chi connectivity index (χ3n) is 3.67. The Labute approximate surface area is 132 Å². The minimum atomic E-state index is -0.812. The third kappa shape index (κ3) is 3.15. The van der Waals surface area contributed by atoms with Gasteiger partial charge in [-0.2, -0.15) is 0 Å². The number of nitrogens with one attached hydrogen (secondary N) is 3. The van der Waals surface area contributed by atoms with E-state index < -0.39 is 18.0 Å². The number of amides is 4. The van der Waals surface area contributed by atoms with Crippen LogP contribution >= 0.6 is 0 Å². The molecule has 0 saturated carbocycles. The van der Waals surface area contributed by atoms with Crippen LogP contribution < -0.4 is 16.0 Å². The number of carbonyl (C=O) groups excluding carboxylic acids is 3. The minimum absolute atomic E-state index is 0.0942. The molecule has 23 heavy (non-hydrogen) atoms. The maximum Gasteiger partial charge on any atom is 0.322 e. The SMILES string of the molecule is Cc1cc(C)n2cc(CNC(=O)CC3NC(=O)NC3=O)nc2c1. The van der Waals surface area contributed by atoms with Crippen molar-refractivity contribution < 1.29 is 14.4 Å². The van der Waals surface area contributed by atoms with Crippen LogP contribution in [0.1, 0.15) is 23.4 Å². The van der Waals surface area contributed by atoms with E-state index in [0.29, 0.717) is 0 Å². The van der Waals surface area contributed by atoms with Crippen molar-refractivity contribution in [1.82, 2.24) is 25.3 Å². The molecule has 1 aliphatic heterocycles. The van der Waals surface area contributed by atoms with E-state index in [4.69, 9.17) is 0 Å². The predicted octanol–water partition coefficient (Wildman–Crippen LogP) is 0.165. The third-order valence-corrected chi connectivity index (χ3v) is 3.67. The van der Waals surface area contributed by atoms with Gasteiger partial charge in [0.15, 0.2) is 0 Å². The highest BCUT2D eigenvalue weighted by atomic mass is 16.2. The van der Waals surface area contributed by atoms with E-state index in [-0.39, 0.29) is 18.9 Å². The molecule has 1 saturated heterocycles. The number of urea groups is 1. The van der Waals surface area contributed by atoms with Gasteiger partial charge in [0.1, 0.15) is 11.7 Å². The summed E-state index contributed by atoms with van der Waals surface area (Å²) in [5.74, 6) is -0.804. The number of fused-ring (bicyclic) bond motifs is 1. The van der Waals surface area contributed by atoms with Crippen molar-refractivity contribution in [3.63, 3.8) is 0 Å². The molecule has 8 heteroatoms. The van der Waals surface area contributed by atoms with Crippen LogP contribution in [0.15, 0.2) is 18.3 Å². The largest absolute Gasteiger partial charge is 0.350 e. The molecule has 3 heterocycles. The molecule has 2 aromatic rings. The van der Waals surface area contributed by atoms with Crippen LogP contribution in [0.25, 0.3) is 5.65 Å². The number of rotatable bonds is 4. The van der Waals surface area contributed by atoms with Gasteiger partial charge in [-0.25, -0.2) is 9.78 Å². The van der Waals surface area contributed by atoms with E-state index in [1.54, 1.807) is 0 Å². The summed E-state index contributed by atoms with van der Waals surface area (Å²) in [5, 5.41) is 7.19. The maximum atomic E-state index is 11.9. The molecule has 8 nitrogen and oxygen atoms in total. The van der Waals surface area contributed by atoms with Gasteiger partial charge in [0.25, 0.3) is 5.91 Å². The van der Waals surface area contributed by atoms with Crippen molar-refractivity contribution >= 4 is 23.5 Å². The second kappa shape index (κ2) is 5.71. The number of pyridine rings is 1. The van der Waals surface area contributed by atoms with E-state index in [9.17, 15) is 14.4 Å². The quantitative estimate of drug-likeness (QED) is 0.699. The summed E-state index contributed by atoms with van der Waals surface area (Å²) in [7, 11) is 0. The number of imidazole rings is 1. The summed E-state index contributed by atoms with van der Waals surface area (Å²) in [4.78, 5) is 38.7. The molecule has 3 rings (SSSR count). The van der Waals surface area contributed by atoms with Gasteiger partial charge < -0.3 is 15.0 Å². The second-order valence-electron chi connectivity index (χ2n) is 5.63. The van der Waals surface area contributed by atoms with E-state index in [1.165, 1.54) is 0 Å². The zero-order chi connectivity index (χ0) is 16.6. The number of nitrogens with zero attached hydrogens (tertiary/aromatic N) is 2. The van der Waals surface area contributed by atoms with Gasteiger partial charge in [0.05, 0.1) is 18.7 Å². The molecule has 1 aliphatic rings. The maximum absolute atomic E-state index is 11.9. The number of carbonyl (C=O) groups is 3. The molecule has 120 valence electrons. The first-order valence-electron chi connectivity index (χ1n) is 7.25. The smallest absolute Gasteiger partial charge is 0.322 e. The predicted molar refractivity (Wildman–Crippen MR) is 81.6 cm³/mol. The van der Waals surface area contributed by atoms with Crippen LogP contribution in [-0.4, -0.2) is 33.3 Å². The van der Waals surface area contributed by atoms with Gasteiger partial charge in [-0.3, -0.25) is 14.9 Å². The summed E-state index contributed by atoms with van der Waals surface area (Å²) in [6, 6.07) is 2.64. The van der Waals surface area contributed by atoms with Crippen LogP contribution in [0.3, 0.4) is 0 Å². The fourth-order valence-corrected chi connectivity index (χ4v) is 2.61. The number of aryl methyl sites for hydroxylation is 2. The number of imide groups is 1. The fraction of sp³-hybridized carbons (Fsp3) is 0.333. The molecular formula is C15H17N5O3. The van der Waals surface area contributed by atoms with Gasteiger partial charge in [0.2, 0.25) is 5.91 Å². The highest BCUT2D eigenvalue weighted by Crippen LogP contribution is 2.11. The molecule has 0 spiro atoms. The summed E-state index contributed by atoms with van der Waals surface area (Å²) in [5.41, 5.74) is 3.75. The van der Waals surface area contributed by atoms with E-state index in [2.05, 4.69) is 27.0 Å². The number of hydrogen-bond donors (Lipinski definition) is 3. The standard InChI is InChI=1S/C15H17N5O3/c1-8-3-9(2)20-7-10(17-12(20)4-8)6-16-13(21)5-11-14(22)19-15(23)18-11/h3-4,7,11H,5-6H2,1-2H3,(H,16,21)(H2,18,19,22,23). The number of aromatic nitrogens is 2. The van der Waals surface area contributed by atoms with Crippen molar-refractivity contribution in [2.45, 2.75) is 32.9 Å². The van der Waals surface area contributed by atoms with Crippen molar-refractivity contribution in [2.24, 2.45) is 0 Å². The molecule has 0 aromatic carbocycles. The minimum Gasteiger partial charge on any atom is -0.350 e. The van der Waals surface area contributed by atoms with E-state index in [1.807, 2.05) is 30.5 Å². The average Bonchev–Trinajstić information content (AvgIpc) is 3.00. The van der Waals surface area contributed by atoms with Crippen LogP contribution in [-0.2, 0) is 16.1 Å². The van der Waals surface area contributed by atoms with Crippen LogP contribution in [0.4, 0.5) is 4.79 Å². The molecule has 4 amide bonds. The molecule has 0 aliphatic carbocycles. The summed E-state index contributed by atoms with van der Waals surface area (Å²) in [6.07, 6.45) is 1.78. The Morgan fingerprint density at radius 1 is 1.35 bits per heavy atom. The molecule has 2 aromatic heterocycles. The van der Waals surface area contributed by atoms with Crippen molar-refractivity contribution in [2.75, 3.05) is 0 Å². The van der Waals surface area contributed by atoms with Crippen molar-refractivity contribution in [3.05, 3.63) is 35.3 Å². The lowest BCUT2D eigenvalue weighted by Gasteiger charge is -2.07. The van der Waals surface area contributed by atoms with Gasteiger partial charge in [0, 0.05) is 11.9 Å². The second-order valence-corrected chi connectivity index (χ2v) is 5.63. The van der Waals surface area contributed by atoms with Gasteiger partial charge in [-0.15, -0.1) is 0 Å². The Morgan fingerprint density at radius 2 is 2.13 bits per heavy atom. The van der Waals surface area contributed by atoms with Crippen LogP contribution in [0.2, 0.25) is 0 Å². The van der Waals surface area contributed by atoms with Gasteiger partial charge in [-0.05, 0) is 31.5 Å². The lowest BCUT2D eigenvalue weighted by molar-refractivity contribution is -0.126. The van der Waals surface area contributed by atoms with Gasteiger partial charge in [-0.1, -0.05) is 0 Å². The molecule has 0 radical (unpaired) electrons. The summed E-state index contributed by atoms with van der Waals surface area (Å²) >= 11 is 0. The van der Waals surface area contributed by atoms with Crippen LogP contribution in [0.5, 0.6) is 0 Å². The molecule has 3 N–H and O–H groups in total. The first kappa shape index (κ1) is 15.0.